The van der Waals surface area contributed by atoms with Gasteiger partial charge in [0.25, 0.3) is 0 Å². The number of halogens is 1. The molecule has 0 heterocycles. The molecule has 0 saturated carbocycles. The third kappa shape index (κ3) is 3.11. The van der Waals surface area contributed by atoms with Gasteiger partial charge in [-0.05, 0) is 12.1 Å². The van der Waals surface area contributed by atoms with Crippen molar-refractivity contribution in [1.82, 2.24) is 0 Å². The highest BCUT2D eigenvalue weighted by molar-refractivity contribution is 6.18. The number of hydrogen-bond acceptors (Lipinski definition) is 4. The summed E-state index contributed by atoms with van der Waals surface area (Å²) in [6, 6.07) is 6.73. The fourth-order valence-corrected chi connectivity index (χ4v) is 1.19. The first-order chi connectivity index (χ1) is 7.19. The molecule has 0 bridgehead atoms. The Labute approximate surface area is 92.8 Å². The number of alkyl halides is 1. The van der Waals surface area contributed by atoms with Gasteiger partial charge >= 0.3 is 5.97 Å². The largest absolute Gasteiger partial charge is 0.465 e. The number of aliphatic hydroxyl groups is 1. The highest BCUT2D eigenvalue weighted by Gasteiger charge is 2.12. The number of methoxy groups -OCH3 is 1. The van der Waals surface area contributed by atoms with Gasteiger partial charge in [-0.25, -0.2) is 4.79 Å². The lowest BCUT2D eigenvalue weighted by atomic mass is 10.2. The van der Waals surface area contributed by atoms with E-state index < -0.39 is 12.2 Å². The summed E-state index contributed by atoms with van der Waals surface area (Å²) in [5, 5.41) is 12.0. The second-order valence-corrected chi connectivity index (χ2v) is 3.16. The molecule has 0 saturated heterocycles. The number of carbonyl (C=O) groups excluding carboxylic acids is 1. The van der Waals surface area contributed by atoms with Gasteiger partial charge in [-0.3, -0.25) is 0 Å². The summed E-state index contributed by atoms with van der Waals surface area (Å²) in [5.74, 6) is -0.421. The van der Waals surface area contributed by atoms with E-state index in [1.54, 1.807) is 24.3 Å². The molecule has 0 aromatic heterocycles. The summed E-state index contributed by atoms with van der Waals surface area (Å²) in [4.78, 5) is 11.3. The van der Waals surface area contributed by atoms with E-state index in [2.05, 4.69) is 10.1 Å². The summed E-state index contributed by atoms with van der Waals surface area (Å²) in [6.45, 7) is 0. The lowest BCUT2D eigenvalue weighted by Crippen LogP contribution is -2.21. The molecular weight excluding hydrogens is 218 g/mol. The van der Waals surface area contributed by atoms with Gasteiger partial charge in [0.1, 0.15) is 6.23 Å². The highest BCUT2D eigenvalue weighted by atomic mass is 35.5. The van der Waals surface area contributed by atoms with E-state index in [0.29, 0.717) is 11.3 Å². The van der Waals surface area contributed by atoms with Crippen molar-refractivity contribution in [2.45, 2.75) is 6.23 Å². The van der Waals surface area contributed by atoms with Crippen LogP contribution in [0.3, 0.4) is 0 Å². The van der Waals surface area contributed by atoms with Crippen molar-refractivity contribution >= 4 is 23.3 Å². The van der Waals surface area contributed by atoms with Crippen molar-refractivity contribution in [2.24, 2.45) is 0 Å². The first kappa shape index (κ1) is 11.8. The first-order valence-electron chi connectivity index (χ1n) is 4.37. The average molecular weight is 230 g/mol. The monoisotopic (exact) mass is 229 g/mol. The number of aliphatic hydroxyl groups excluding tert-OH is 1. The average Bonchev–Trinajstić information content (AvgIpc) is 2.28. The van der Waals surface area contributed by atoms with Gasteiger partial charge < -0.3 is 15.2 Å². The van der Waals surface area contributed by atoms with Crippen molar-refractivity contribution in [3.8, 4) is 0 Å². The van der Waals surface area contributed by atoms with Crippen molar-refractivity contribution < 1.29 is 14.6 Å². The first-order valence-corrected chi connectivity index (χ1v) is 4.90. The Hall–Kier alpha value is -1.26. The maximum absolute atomic E-state index is 11.3. The van der Waals surface area contributed by atoms with Crippen LogP contribution in [0, 0.1) is 0 Å². The molecule has 82 valence electrons. The Morgan fingerprint density at radius 1 is 1.60 bits per heavy atom. The van der Waals surface area contributed by atoms with E-state index in [4.69, 9.17) is 11.6 Å². The third-order valence-corrected chi connectivity index (χ3v) is 2.09. The zero-order valence-electron chi connectivity index (χ0n) is 8.24. The minimum absolute atomic E-state index is 0.0372. The predicted molar refractivity (Wildman–Crippen MR) is 58.1 cm³/mol. The fraction of sp³-hybridized carbons (Fsp3) is 0.300. The van der Waals surface area contributed by atoms with Crippen LogP contribution in [0.2, 0.25) is 0 Å². The Bertz CT molecular complexity index is 343. The summed E-state index contributed by atoms with van der Waals surface area (Å²) >= 11 is 5.44. The van der Waals surface area contributed by atoms with E-state index in [9.17, 15) is 9.90 Å². The van der Waals surface area contributed by atoms with Crippen molar-refractivity contribution in [2.75, 3.05) is 18.3 Å². The number of anilines is 1. The van der Waals surface area contributed by atoms with E-state index in [1.807, 2.05) is 0 Å². The van der Waals surface area contributed by atoms with Crippen LogP contribution in [-0.2, 0) is 4.74 Å². The summed E-state index contributed by atoms with van der Waals surface area (Å²) in [6.07, 6.45) is -0.891. The van der Waals surface area contributed by atoms with Crippen LogP contribution in [0.4, 0.5) is 5.69 Å². The molecule has 1 unspecified atom stereocenters. The molecule has 2 N–H and O–H groups in total. The van der Waals surface area contributed by atoms with Crippen LogP contribution in [0.25, 0.3) is 0 Å². The maximum atomic E-state index is 11.3. The van der Waals surface area contributed by atoms with Gasteiger partial charge in [-0.1, -0.05) is 12.1 Å². The zero-order valence-corrected chi connectivity index (χ0v) is 8.99. The number of carbonyl (C=O) groups is 1. The van der Waals surface area contributed by atoms with Crippen LogP contribution in [0.15, 0.2) is 24.3 Å². The minimum Gasteiger partial charge on any atom is -0.465 e. The molecule has 0 amide bonds. The number of para-hydroxylation sites is 1. The normalized spacial score (nSPS) is 11.9. The summed E-state index contributed by atoms with van der Waals surface area (Å²) in [5.41, 5.74) is 0.863. The molecule has 0 aliphatic carbocycles. The van der Waals surface area contributed by atoms with Crippen LogP contribution >= 0.6 is 11.6 Å². The van der Waals surface area contributed by atoms with E-state index in [1.165, 1.54) is 7.11 Å². The number of rotatable bonds is 4. The van der Waals surface area contributed by atoms with E-state index >= 15 is 0 Å². The zero-order chi connectivity index (χ0) is 11.3. The van der Waals surface area contributed by atoms with Gasteiger partial charge in [0.05, 0.1) is 24.2 Å². The predicted octanol–water partition coefficient (Wildman–Crippen LogP) is 1.44. The molecule has 0 aliphatic rings. The van der Waals surface area contributed by atoms with Crippen LogP contribution < -0.4 is 5.32 Å². The lowest BCUT2D eigenvalue weighted by Gasteiger charge is -2.13. The Kier molecular flexibility index (Phi) is 4.39. The topological polar surface area (TPSA) is 58.6 Å². The van der Waals surface area contributed by atoms with Gasteiger partial charge in [0.15, 0.2) is 0 Å². The summed E-state index contributed by atoms with van der Waals surface area (Å²) in [7, 11) is 1.30. The molecular formula is C10H12ClNO3. The molecule has 1 atom stereocenters. The molecule has 4 nitrogen and oxygen atoms in total. The Morgan fingerprint density at radius 3 is 2.87 bits per heavy atom. The molecule has 5 heteroatoms. The Morgan fingerprint density at radius 2 is 2.27 bits per heavy atom. The van der Waals surface area contributed by atoms with Gasteiger partial charge in [0.2, 0.25) is 0 Å². The molecule has 15 heavy (non-hydrogen) atoms. The number of ether oxygens (including phenoxy) is 1. The molecule has 0 radical (unpaired) electrons. The summed E-state index contributed by atoms with van der Waals surface area (Å²) < 4.78 is 4.60. The lowest BCUT2D eigenvalue weighted by molar-refractivity contribution is 0.0601. The van der Waals surface area contributed by atoms with Crippen molar-refractivity contribution in [3.63, 3.8) is 0 Å². The number of esters is 1. The SMILES string of the molecule is COC(=O)c1ccccc1NC(O)CCl. The highest BCUT2D eigenvalue weighted by Crippen LogP contribution is 2.16. The third-order valence-electron chi connectivity index (χ3n) is 1.80. The Balaban J connectivity index is 2.91. The van der Waals surface area contributed by atoms with Crippen LogP contribution in [0.1, 0.15) is 10.4 Å². The maximum Gasteiger partial charge on any atom is 0.339 e. The van der Waals surface area contributed by atoms with Gasteiger partial charge in [0, 0.05) is 0 Å². The number of benzene rings is 1. The van der Waals surface area contributed by atoms with Gasteiger partial charge in [-0.2, -0.15) is 0 Å². The molecule has 1 aromatic rings. The molecule has 1 aromatic carbocycles. The van der Waals surface area contributed by atoms with Crippen LogP contribution in [-0.4, -0.2) is 30.3 Å². The smallest absolute Gasteiger partial charge is 0.339 e. The van der Waals surface area contributed by atoms with E-state index in [-0.39, 0.29) is 5.88 Å². The quantitative estimate of drug-likeness (QED) is 0.466. The fourth-order valence-electron chi connectivity index (χ4n) is 1.12. The number of hydrogen-bond donors (Lipinski definition) is 2. The second kappa shape index (κ2) is 5.58. The van der Waals surface area contributed by atoms with Crippen molar-refractivity contribution in [3.05, 3.63) is 29.8 Å². The molecule has 1 rings (SSSR count). The molecule has 0 fully saturated rings. The van der Waals surface area contributed by atoms with Gasteiger partial charge in [-0.15, -0.1) is 11.6 Å². The second-order valence-electron chi connectivity index (χ2n) is 2.85. The molecule has 0 spiro atoms. The standard InChI is InChI=1S/C10H12ClNO3/c1-15-10(14)7-4-2-3-5-8(7)12-9(13)6-11/h2-5,9,12-13H,6H2,1H3. The number of nitrogens with one attached hydrogen (secondary N) is 1. The van der Waals surface area contributed by atoms with Crippen molar-refractivity contribution in [1.29, 1.82) is 0 Å². The molecule has 0 aliphatic heterocycles. The van der Waals surface area contributed by atoms with Crippen LogP contribution in [0.5, 0.6) is 0 Å². The minimum atomic E-state index is -0.891. The van der Waals surface area contributed by atoms with E-state index in [0.717, 1.165) is 0 Å².